The minimum Gasteiger partial charge on any atom is -0.311 e. The lowest BCUT2D eigenvalue weighted by Crippen LogP contribution is -2.48. The van der Waals surface area contributed by atoms with Crippen LogP contribution in [0, 0.1) is 0 Å². The Morgan fingerprint density at radius 2 is 1.81 bits per heavy atom. The summed E-state index contributed by atoms with van der Waals surface area (Å²) in [5, 5.41) is 7.08. The lowest BCUT2D eigenvalue weighted by Gasteiger charge is -2.31. The molecular weight excluding hydrogens is 196 g/mol. The number of piperazine rings is 1. The number of rotatable bonds is 3. The maximum atomic E-state index is 3.57. The van der Waals surface area contributed by atoms with Crippen molar-refractivity contribution in [2.75, 3.05) is 13.1 Å². The average Bonchev–Trinajstić information content (AvgIpc) is 2.31. The van der Waals surface area contributed by atoms with Gasteiger partial charge in [0.2, 0.25) is 0 Å². The van der Waals surface area contributed by atoms with E-state index < -0.39 is 0 Å². The van der Waals surface area contributed by atoms with E-state index in [-0.39, 0.29) is 0 Å². The molecule has 0 radical (unpaired) electrons. The van der Waals surface area contributed by atoms with Crippen LogP contribution in [0.3, 0.4) is 0 Å². The minimum atomic E-state index is 0.462. The standard InChI is InChI=1S/C14H22N2/c1-3-4-12-5-7-13(8-6-12)14-11(2)15-9-10-16-14/h5-8,11,14-16H,3-4,9-10H2,1-2H3. The van der Waals surface area contributed by atoms with Crippen molar-refractivity contribution in [2.45, 2.75) is 38.8 Å². The Labute approximate surface area is 98.4 Å². The third-order valence-electron chi connectivity index (χ3n) is 3.33. The molecule has 2 heteroatoms. The van der Waals surface area contributed by atoms with E-state index in [1.54, 1.807) is 0 Å². The zero-order valence-electron chi connectivity index (χ0n) is 10.3. The normalized spacial score (nSPS) is 25.6. The van der Waals surface area contributed by atoms with Crippen molar-refractivity contribution in [1.82, 2.24) is 10.6 Å². The Hall–Kier alpha value is -0.860. The Bertz CT molecular complexity index is 318. The quantitative estimate of drug-likeness (QED) is 0.813. The lowest BCUT2D eigenvalue weighted by molar-refractivity contribution is 0.345. The maximum absolute atomic E-state index is 3.57. The van der Waals surface area contributed by atoms with Crippen LogP contribution in [0.1, 0.15) is 37.4 Å². The lowest BCUT2D eigenvalue weighted by atomic mass is 9.97. The van der Waals surface area contributed by atoms with Gasteiger partial charge in [-0.1, -0.05) is 37.6 Å². The van der Waals surface area contributed by atoms with Crippen LogP contribution in [0.25, 0.3) is 0 Å². The molecule has 0 amide bonds. The molecule has 1 saturated heterocycles. The molecule has 88 valence electrons. The Morgan fingerprint density at radius 1 is 1.12 bits per heavy atom. The van der Waals surface area contributed by atoms with E-state index in [4.69, 9.17) is 0 Å². The van der Waals surface area contributed by atoms with Gasteiger partial charge in [-0.25, -0.2) is 0 Å². The monoisotopic (exact) mass is 218 g/mol. The van der Waals surface area contributed by atoms with E-state index >= 15 is 0 Å². The minimum absolute atomic E-state index is 0.462. The topological polar surface area (TPSA) is 24.1 Å². The molecule has 1 heterocycles. The summed E-state index contributed by atoms with van der Waals surface area (Å²) in [5.74, 6) is 0. The average molecular weight is 218 g/mol. The molecular formula is C14H22N2. The van der Waals surface area contributed by atoms with Crippen LogP contribution < -0.4 is 10.6 Å². The van der Waals surface area contributed by atoms with Crippen molar-refractivity contribution in [3.63, 3.8) is 0 Å². The van der Waals surface area contributed by atoms with Crippen LogP contribution in [0.4, 0.5) is 0 Å². The van der Waals surface area contributed by atoms with Gasteiger partial charge in [0.15, 0.2) is 0 Å². The highest BCUT2D eigenvalue weighted by Gasteiger charge is 2.21. The molecule has 0 aliphatic carbocycles. The van der Waals surface area contributed by atoms with Crippen LogP contribution in [-0.2, 0) is 6.42 Å². The van der Waals surface area contributed by atoms with E-state index in [9.17, 15) is 0 Å². The van der Waals surface area contributed by atoms with Crippen molar-refractivity contribution in [1.29, 1.82) is 0 Å². The zero-order valence-corrected chi connectivity index (χ0v) is 10.3. The van der Waals surface area contributed by atoms with Gasteiger partial charge in [0, 0.05) is 25.2 Å². The second-order valence-electron chi connectivity index (χ2n) is 4.67. The summed E-state index contributed by atoms with van der Waals surface area (Å²) in [4.78, 5) is 0. The Kier molecular flexibility index (Phi) is 3.97. The van der Waals surface area contributed by atoms with Crippen molar-refractivity contribution in [2.24, 2.45) is 0 Å². The van der Waals surface area contributed by atoms with Gasteiger partial charge in [-0.05, 0) is 24.5 Å². The summed E-state index contributed by atoms with van der Waals surface area (Å²) < 4.78 is 0. The molecule has 1 aliphatic heterocycles. The van der Waals surface area contributed by atoms with Crippen LogP contribution >= 0.6 is 0 Å². The van der Waals surface area contributed by atoms with E-state index in [0.29, 0.717) is 12.1 Å². The molecule has 2 atom stereocenters. The van der Waals surface area contributed by atoms with Gasteiger partial charge in [0.1, 0.15) is 0 Å². The molecule has 0 aromatic heterocycles. The highest BCUT2D eigenvalue weighted by Crippen LogP contribution is 2.19. The summed E-state index contributed by atoms with van der Waals surface area (Å²) in [5.41, 5.74) is 2.85. The number of benzene rings is 1. The number of nitrogens with one attached hydrogen (secondary N) is 2. The van der Waals surface area contributed by atoms with E-state index in [1.807, 2.05) is 0 Å². The van der Waals surface area contributed by atoms with Crippen LogP contribution in [0.2, 0.25) is 0 Å². The second-order valence-corrected chi connectivity index (χ2v) is 4.67. The predicted molar refractivity (Wildman–Crippen MR) is 68.6 cm³/mol. The van der Waals surface area contributed by atoms with Crippen LogP contribution in [0.15, 0.2) is 24.3 Å². The van der Waals surface area contributed by atoms with Gasteiger partial charge in [-0.3, -0.25) is 0 Å². The first kappa shape index (κ1) is 11.6. The van der Waals surface area contributed by atoms with Gasteiger partial charge in [0.05, 0.1) is 0 Å². The van der Waals surface area contributed by atoms with Crippen molar-refractivity contribution < 1.29 is 0 Å². The third kappa shape index (κ3) is 2.63. The van der Waals surface area contributed by atoms with Crippen molar-refractivity contribution >= 4 is 0 Å². The summed E-state index contributed by atoms with van der Waals surface area (Å²) >= 11 is 0. The maximum Gasteiger partial charge on any atom is 0.0473 e. The molecule has 0 saturated carbocycles. The molecule has 2 rings (SSSR count). The molecule has 0 bridgehead atoms. The number of aryl methyl sites for hydroxylation is 1. The zero-order chi connectivity index (χ0) is 11.4. The van der Waals surface area contributed by atoms with E-state index in [2.05, 4.69) is 48.7 Å². The molecule has 2 nitrogen and oxygen atoms in total. The molecule has 1 fully saturated rings. The highest BCUT2D eigenvalue weighted by molar-refractivity contribution is 5.26. The summed E-state index contributed by atoms with van der Waals surface area (Å²) in [7, 11) is 0. The van der Waals surface area contributed by atoms with Crippen molar-refractivity contribution in [3.8, 4) is 0 Å². The summed E-state index contributed by atoms with van der Waals surface area (Å²) in [6, 6.07) is 10.1. The first-order valence-corrected chi connectivity index (χ1v) is 6.37. The van der Waals surface area contributed by atoms with Gasteiger partial charge in [0.25, 0.3) is 0 Å². The van der Waals surface area contributed by atoms with Crippen LogP contribution in [0.5, 0.6) is 0 Å². The number of hydrogen-bond acceptors (Lipinski definition) is 2. The van der Waals surface area contributed by atoms with E-state index in [1.165, 1.54) is 24.0 Å². The molecule has 16 heavy (non-hydrogen) atoms. The smallest absolute Gasteiger partial charge is 0.0473 e. The van der Waals surface area contributed by atoms with Crippen LogP contribution in [-0.4, -0.2) is 19.1 Å². The van der Waals surface area contributed by atoms with Gasteiger partial charge < -0.3 is 10.6 Å². The van der Waals surface area contributed by atoms with Gasteiger partial charge in [-0.15, -0.1) is 0 Å². The largest absolute Gasteiger partial charge is 0.311 e. The molecule has 0 spiro atoms. The Balaban J connectivity index is 2.08. The summed E-state index contributed by atoms with van der Waals surface area (Å²) in [6.45, 7) is 6.61. The molecule has 2 N–H and O–H groups in total. The Morgan fingerprint density at radius 3 is 2.44 bits per heavy atom. The van der Waals surface area contributed by atoms with E-state index in [0.717, 1.165) is 13.1 Å². The molecule has 1 aromatic carbocycles. The first-order chi connectivity index (χ1) is 7.81. The second kappa shape index (κ2) is 5.46. The fourth-order valence-corrected chi connectivity index (χ4v) is 2.41. The summed E-state index contributed by atoms with van der Waals surface area (Å²) in [6.07, 6.45) is 2.41. The SMILES string of the molecule is CCCc1ccc(C2NCCNC2C)cc1. The third-order valence-corrected chi connectivity index (χ3v) is 3.33. The van der Waals surface area contributed by atoms with Gasteiger partial charge >= 0.3 is 0 Å². The molecule has 1 aliphatic rings. The van der Waals surface area contributed by atoms with Gasteiger partial charge in [-0.2, -0.15) is 0 Å². The highest BCUT2D eigenvalue weighted by atomic mass is 15.1. The fourth-order valence-electron chi connectivity index (χ4n) is 2.41. The first-order valence-electron chi connectivity index (χ1n) is 6.37. The predicted octanol–water partition coefficient (Wildman–Crippen LogP) is 2.26. The molecule has 2 unspecified atom stereocenters. The number of hydrogen-bond donors (Lipinski definition) is 2. The molecule has 1 aromatic rings. The van der Waals surface area contributed by atoms with Crippen molar-refractivity contribution in [3.05, 3.63) is 35.4 Å². The fraction of sp³-hybridized carbons (Fsp3) is 0.571.